The lowest BCUT2D eigenvalue weighted by Crippen LogP contribution is -2.43. The summed E-state index contributed by atoms with van der Waals surface area (Å²) in [6.45, 7) is 3.36. The maximum Gasteiger partial charge on any atom is 0.150 e. The second-order valence-electron chi connectivity index (χ2n) is 5.56. The summed E-state index contributed by atoms with van der Waals surface area (Å²) in [5, 5.41) is 4.04. The minimum atomic E-state index is -0.375. The summed E-state index contributed by atoms with van der Waals surface area (Å²) in [6, 6.07) is 4.99. The summed E-state index contributed by atoms with van der Waals surface area (Å²) in [4.78, 5) is 4.28. The van der Waals surface area contributed by atoms with Crippen LogP contribution in [0, 0.1) is 5.82 Å². The average Bonchev–Trinajstić information content (AvgIpc) is 2.44. The number of hydrogen-bond acceptors (Lipinski definition) is 4. The first-order valence-electron chi connectivity index (χ1n) is 6.78. The summed E-state index contributed by atoms with van der Waals surface area (Å²) in [5.74, 6) is -0.375. The number of benzene rings is 1. The zero-order valence-electron chi connectivity index (χ0n) is 11.4. The van der Waals surface area contributed by atoms with Crippen LogP contribution in [0.25, 0.3) is 10.9 Å². The van der Waals surface area contributed by atoms with Crippen molar-refractivity contribution in [2.75, 3.05) is 24.3 Å². The Hall–Kier alpha value is -1.88. The third-order valence-corrected chi connectivity index (χ3v) is 3.74. The number of nitrogens with zero attached hydrogens (tertiary/aromatic N) is 1. The fourth-order valence-corrected chi connectivity index (χ4v) is 2.69. The fourth-order valence-electron chi connectivity index (χ4n) is 2.69. The molecular formula is C15H18FN3O. The highest BCUT2D eigenvalue weighted by Gasteiger charge is 2.29. The minimum absolute atomic E-state index is 0.278. The van der Waals surface area contributed by atoms with E-state index in [0.29, 0.717) is 23.5 Å². The predicted molar refractivity (Wildman–Crippen MR) is 78.2 cm³/mol. The topological polar surface area (TPSA) is 60.2 Å². The monoisotopic (exact) mass is 275 g/mol. The Morgan fingerprint density at radius 3 is 3.10 bits per heavy atom. The molecular weight excluding hydrogens is 257 g/mol. The van der Waals surface area contributed by atoms with E-state index in [-0.39, 0.29) is 11.4 Å². The molecule has 1 saturated heterocycles. The molecule has 106 valence electrons. The molecule has 0 amide bonds. The molecule has 1 fully saturated rings. The Morgan fingerprint density at radius 2 is 2.35 bits per heavy atom. The van der Waals surface area contributed by atoms with Crippen LogP contribution in [-0.2, 0) is 4.74 Å². The maximum absolute atomic E-state index is 14.3. The Morgan fingerprint density at radius 1 is 1.50 bits per heavy atom. The summed E-state index contributed by atoms with van der Waals surface area (Å²) in [6.07, 6.45) is 3.54. The van der Waals surface area contributed by atoms with Crippen molar-refractivity contribution in [2.24, 2.45) is 0 Å². The normalized spacial score (nSPS) is 22.9. The van der Waals surface area contributed by atoms with Crippen LogP contribution >= 0.6 is 0 Å². The van der Waals surface area contributed by atoms with Crippen molar-refractivity contribution in [1.82, 2.24) is 4.98 Å². The van der Waals surface area contributed by atoms with Crippen molar-refractivity contribution >= 4 is 22.3 Å². The van der Waals surface area contributed by atoms with Crippen LogP contribution in [-0.4, -0.2) is 23.7 Å². The van der Waals surface area contributed by atoms with Gasteiger partial charge in [-0.2, -0.15) is 0 Å². The van der Waals surface area contributed by atoms with Crippen LogP contribution in [0.4, 0.5) is 15.8 Å². The van der Waals surface area contributed by atoms with Gasteiger partial charge in [-0.15, -0.1) is 0 Å². The molecule has 1 unspecified atom stereocenters. The number of fused-ring (bicyclic) bond motifs is 1. The number of hydrogen-bond donors (Lipinski definition) is 2. The highest BCUT2D eigenvalue weighted by atomic mass is 19.1. The van der Waals surface area contributed by atoms with Gasteiger partial charge >= 0.3 is 0 Å². The predicted octanol–water partition coefficient (Wildman–Crippen LogP) is 2.94. The van der Waals surface area contributed by atoms with Gasteiger partial charge in [0.1, 0.15) is 0 Å². The zero-order chi connectivity index (χ0) is 14.2. The van der Waals surface area contributed by atoms with E-state index in [2.05, 4.69) is 10.3 Å². The van der Waals surface area contributed by atoms with Crippen LogP contribution in [0.3, 0.4) is 0 Å². The smallest absolute Gasteiger partial charge is 0.150 e. The Balaban J connectivity index is 2.06. The van der Waals surface area contributed by atoms with E-state index in [4.69, 9.17) is 10.5 Å². The van der Waals surface area contributed by atoms with E-state index in [0.717, 1.165) is 24.8 Å². The van der Waals surface area contributed by atoms with Crippen LogP contribution in [0.1, 0.15) is 19.8 Å². The summed E-state index contributed by atoms with van der Waals surface area (Å²) in [7, 11) is 0. The van der Waals surface area contributed by atoms with E-state index in [1.54, 1.807) is 12.3 Å². The van der Waals surface area contributed by atoms with E-state index in [1.165, 1.54) is 6.07 Å². The van der Waals surface area contributed by atoms with Crippen molar-refractivity contribution in [2.45, 2.75) is 25.3 Å². The Bertz CT molecular complexity index is 638. The molecule has 20 heavy (non-hydrogen) atoms. The Labute approximate surface area is 117 Å². The van der Waals surface area contributed by atoms with E-state index in [9.17, 15) is 4.39 Å². The number of anilines is 2. The second-order valence-corrected chi connectivity index (χ2v) is 5.56. The van der Waals surface area contributed by atoms with Crippen molar-refractivity contribution in [3.8, 4) is 0 Å². The largest absolute Gasteiger partial charge is 0.398 e. The SMILES string of the molecule is CC1(Nc2c(F)cc(N)c3cccnc23)CCCOC1. The van der Waals surface area contributed by atoms with E-state index < -0.39 is 0 Å². The molecule has 5 heteroatoms. The molecule has 3 N–H and O–H groups in total. The first-order valence-corrected chi connectivity index (χ1v) is 6.78. The van der Waals surface area contributed by atoms with Gasteiger partial charge in [0.15, 0.2) is 5.82 Å². The first-order chi connectivity index (χ1) is 9.59. The maximum atomic E-state index is 14.3. The molecule has 1 aromatic heterocycles. The van der Waals surface area contributed by atoms with Crippen molar-refractivity contribution < 1.29 is 9.13 Å². The van der Waals surface area contributed by atoms with Crippen LogP contribution < -0.4 is 11.1 Å². The van der Waals surface area contributed by atoms with E-state index in [1.807, 2.05) is 13.0 Å². The quantitative estimate of drug-likeness (QED) is 0.827. The van der Waals surface area contributed by atoms with Gasteiger partial charge in [-0.25, -0.2) is 4.39 Å². The van der Waals surface area contributed by atoms with Gasteiger partial charge < -0.3 is 15.8 Å². The fraction of sp³-hybridized carbons (Fsp3) is 0.400. The highest BCUT2D eigenvalue weighted by molar-refractivity contribution is 5.98. The van der Waals surface area contributed by atoms with Gasteiger partial charge in [0.05, 0.1) is 23.3 Å². The molecule has 1 atom stereocenters. The third kappa shape index (κ3) is 2.29. The highest BCUT2D eigenvalue weighted by Crippen LogP contribution is 2.33. The van der Waals surface area contributed by atoms with Gasteiger partial charge in [0.25, 0.3) is 0 Å². The second kappa shape index (κ2) is 4.90. The molecule has 0 aliphatic carbocycles. The number of halogens is 1. The molecule has 0 bridgehead atoms. The van der Waals surface area contributed by atoms with Gasteiger partial charge in [0, 0.05) is 23.9 Å². The summed E-state index contributed by atoms with van der Waals surface area (Å²) in [5.41, 5.74) is 6.96. The number of aromatic nitrogens is 1. The summed E-state index contributed by atoms with van der Waals surface area (Å²) < 4.78 is 19.8. The van der Waals surface area contributed by atoms with Crippen LogP contribution in [0.2, 0.25) is 0 Å². The van der Waals surface area contributed by atoms with Crippen molar-refractivity contribution in [3.05, 3.63) is 30.2 Å². The lowest BCUT2D eigenvalue weighted by Gasteiger charge is -2.35. The first kappa shape index (κ1) is 13.1. The van der Waals surface area contributed by atoms with Gasteiger partial charge in [-0.3, -0.25) is 4.98 Å². The molecule has 0 radical (unpaired) electrons. The number of nitrogens with one attached hydrogen (secondary N) is 1. The molecule has 1 aromatic carbocycles. The van der Waals surface area contributed by atoms with Crippen LogP contribution in [0.15, 0.2) is 24.4 Å². The van der Waals surface area contributed by atoms with Crippen molar-refractivity contribution in [3.63, 3.8) is 0 Å². The van der Waals surface area contributed by atoms with Crippen LogP contribution in [0.5, 0.6) is 0 Å². The molecule has 4 nitrogen and oxygen atoms in total. The van der Waals surface area contributed by atoms with Gasteiger partial charge in [-0.05, 0) is 38.0 Å². The van der Waals surface area contributed by atoms with E-state index >= 15 is 0 Å². The number of nitrogens with two attached hydrogens (primary N) is 1. The van der Waals surface area contributed by atoms with Gasteiger partial charge in [-0.1, -0.05) is 0 Å². The number of pyridine rings is 1. The molecule has 0 spiro atoms. The molecule has 2 aromatic rings. The zero-order valence-corrected chi connectivity index (χ0v) is 11.4. The lowest BCUT2D eigenvalue weighted by atomic mass is 9.94. The molecule has 2 heterocycles. The molecule has 0 saturated carbocycles. The molecule has 1 aliphatic heterocycles. The Kier molecular flexibility index (Phi) is 3.22. The minimum Gasteiger partial charge on any atom is -0.398 e. The van der Waals surface area contributed by atoms with Crippen molar-refractivity contribution in [1.29, 1.82) is 0 Å². The molecule has 1 aliphatic rings. The number of nitrogen functional groups attached to an aromatic ring is 1. The number of ether oxygens (including phenoxy) is 1. The average molecular weight is 275 g/mol. The standard InChI is InChI=1S/C15H18FN3O/c1-15(5-3-7-20-9-15)19-14-11(16)8-12(17)10-4-2-6-18-13(10)14/h2,4,6,8,19H,3,5,7,9,17H2,1H3. The van der Waals surface area contributed by atoms with Gasteiger partial charge in [0.2, 0.25) is 0 Å². The third-order valence-electron chi connectivity index (χ3n) is 3.74. The summed E-state index contributed by atoms with van der Waals surface area (Å²) >= 11 is 0. The number of rotatable bonds is 2. The molecule has 3 rings (SSSR count). The lowest BCUT2D eigenvalue weighted by molar-refractivity contribution is 0.0539.